The monoisotopic (exact) mass is 166 g/mol. The maximum absolute atomic E-state index is 8.85. The predicted octanol–water partition coefficient (Wildman–Crippen LogP) is 0.984. The van der Waals surface area contributed by atoms with Gasteiger partial charge in [0.05, 0.1) is 12.3 Å². The molecule has 0 aromatic carbocycles. The molecule has 0 saturated carbocycles. The Labute approximate surface area is 72.2 Å². The van der Waals surface area contributed by atoms with Crippen molar-refractivity contribution in [1.29, 1.82) is 0 Å². The van der Waals surface area contributed by atoms with Crippen molar-refractivity contribution in [1.82, 2.24) is 4.98 Å². The number of hydrogen-bond acceptors (Lipinski definition) is 3. The van der Waals surface area contributed by atoms with Crippen molar-refractivity contribution < 1.29 is 5.11 Å². The summed E-state index contributed by atoms with van der Waals surface area (Å²) in [4.78, 5) is 4.12. The third kappa shape index (κ3) is 2.03. The molecule has 0 spiro atoms. The minimum Gasteiger partial charge on any atom is -0.392 e. The molecule has 12 heavy (non-hydrogen) atoms. The van der Waals surface area contributed by atoms with Crippen molar-refractivity contribution in [2.45, 2.75) is 26.0 Å². The Hall–Kier alpha value is -0.930. The van der Waals surface area contributed by atoms with Gasteiger partial charge in [0, 0.05) is 12.2 Å². The summed E-state index contributed by atoms with van der Waals surface area (Å²) in [5.74, 6) is 0. The molecule has 0 aliphatic carbocycles. The zero-order valence-electron chi connectivity index (χ0n) is 7.20. The maximum atomic E-state index is 8.85. The smallest absolute Gasteiger partial charge is 0.0683 e. The zero-order valence-corrected chi connectivity index (χ0v) is 7.20. The molecule has 3 heteroatoms. The summed E-state index contributed by atoms with van der Waals surface area (Å²) in [5.41, 5.74) is 7.49. The van der Waals surface area contributed by atoms with Crippen LogP contribution in [0.4, 0.5) is 0 Å². The number of pyridine rings is 1. The summed E-state index contributed by atoms with van der Waals surface area (Å²) in [7, 11) is 0. The lowest BCUT2D eigenvalue weighted by Crippen LogP contribution is -2.10. The number of nitrogens with two attached hydrogens (primary N) is 1. The maximum Gasteiger partial charge on any atom is 0.0683 e. The lowest BCUT2D eigenvalue weighted by Gasteiger charge is -2.08. The first-order valence-electron chi connectivity index (χ1n) is 4.09. The minimum absolute atomic E-state index is 0.0171. The van der Waals surface area contributed by atoms with E-state index in [-0.39, 0.29) is 12.6 Å². The third-order valence-electron chi connectivity index (χ3n) is 1.85. The molecule has 3 N–H and O–H groups in total. The van der Waals surface area contributed by atoms with Crippen LogP contribution in [-0.4, -0.2) is 10.1 Å². The van der Waals surface area contributed by atoms with Crippen LogP contribution in [0.3, 0.4) is 0 Å². The molecule has 1 aromatic heterocycles. The van der Waals surface area contributed by atoms with Crippen molar-refractivity contribution in [3.05, 3.63) is 29.6 Å². The van der Waals surface area contributed by atoms with Crippen molar-refractivity contribution >= 4 is 0 Å². The second-order valence-electron chi connectivity index (χ2n) is 2.76. The Morgan fingerprint density at radius 1 is 1.67 bits per heavy atom. The molecule has 1 heterocycles. The SMILES string of the molecule is CC[C@H](N)c1cc(CO)ccn1. The number of aliphatic hydroxyl groups excluding tert-OH is 1. The normalized spacial score (nSPS) is 12.9. The Kier molecular flexibility index (Phi) is 3.19. The Balaban J connectivity index is 2.86. The van der Waals surface area contributed by atoms with Crippen LogP contribution in [-0.2, 0) is 6.61 Å². The van der Waals surface area contributed by atoms with Gasteiger partial charge in [0.2, 0.25) is 0 Å². The summed E-state index contributed by atoms with van der Waals surface area (Å²) < 4.78 is 0. The lowest BCUT2D eigenvalue weighted by molar-refractivity contribution is 0.281. The molecule has 3 nitrogen and oxygen atoms in total. The van der Waals surface area contributed by atoms with Crippen LogP contribution < -0.4 is 5.73 Å². The van der Waals surface area contributed by atoms with Crippen LogP contribution in [0.5, 0.6) is 0 Å². The van der Waals surface area contributed by atoms with Gasteiger partial charge in [0.15, 0.2) is 0 Å². The summed E-state index contributed by atoms with van der Waals surface area (Å²) in [5, 5.41) is 8.85. The first-order valence-corrected chi connectivity index (χ1v) is 4.09. The van der Waals surface area contributed by atoms with Crippen LogP contribution in [0.15, 0.2) is 18.3 Å². The number of aromatic nitrogens is 1. The summed E-state index contributed by atoms with van der Waals surface area (Å²) in [6, 6.07) is 3.61. The van der Waals surface area contributed by atoms with Gasteiger partial charge in [-0.3, -0.25) is 4.98 Å². The van der Waals surface area contributed by atoms with E-state index in [0.717, 1.165) is 17.7 Å². The molecule has 1 rings (SSSR count). The van der Waals surface area contributed by atoms with Crippen molar-refractivity contribution in [3.8, 4) is 0 Å². The van der Waals surface area contributed by atoms with Crippen LogP contribution >= 0.6 is 0 Å². The molecule has 0 aliphatic rings. The van der Waals surface area contributed by atoms with E-state index in [0.29, 0.717) is 0 Å². The fourth-order valence-electron chi connectivity index (χ4n) is 1.00. The van der Waals surface area contributed by atoms with Gasteiger partial charge in [-0.1, -0.05) is 6.92 Å². The molecule has 66 valence electrons. The summed E-state index contributed by atoms with van der Waals surface area (Å²) in [6.45, 7) is 2.06. The Morgan fingerprint density at radius 3 is 3.00 bits per heavy atom. The standard InChI is InChI=1S/C9H14N2O/c1-2-8(10)9-5-7(6-12)3-4-11-9/h3-5,8,12H,2,6,10H2,1H3/t8-/m0/s1. The highest BCUT2D eigenvalue weighted by molar-refractivity contribution is 5.17. The zero-order chi connectivity index (χ0) is 8.97. The molecule has 0 unspecified atom stereocenters. The van der Waals surface area contributed by atoms with Crippen molar-refractivity contribution in [2.24, 2.45) is 5.73 Å². The van der Waals surface area contributed by atoms with Crippen molar-refractivity contribution in [2.75, 3.05) is 0 Å². The average Bonchev–Trinajstić information content (AvgIpc) is 2.17. The molecule has 0 amide bonds. The fourth-order valence-corrected chi connectivity index (χ4v) is 1.00. The number of hydrogen-bond donors (Lipinski definition) is 2. The summed E-state index contributed by atoms with van der Waals surface area (Å²) >= 11 is 0. The topological polar surface area (TPSA) is 59.1 Å². The van der Waals surface area contributed by atoms with Gasteiger partial charge >= 0.3 is 0 Å². The van der Waals surface area contributed by atoms with Crippen LogP contribution in [0.2, 0.25) is 0 Å². The van der Waals surface area contributed by atoms with E-state index in [1.807, 2.05) is 13.0 Å². The highest BCUT2D eigenvalue weighted by atomic mass is 16.3. The van der Waals surface area contributed by atoms with Crippen molar-refractivity contribution in [3.63, 3.8) is 0 Å². The number of rotatable bonds is 3. The molecular weight excluding hydrogens is 152 g/mol. The van der Waals surface area contributed by atoms with Gasteiger partial charge in [0.1, 0.15) is 0 Å². The number of nitrogens with zero attached hydrogens (tertiary/aromatic N) is 1. The largest absolute Gasteiger partial charge is 0.392 e. The molecule has 0 radical (unpaired) electrons. The Morgan fingerprint density at radius 2 is 2.42 bits per heavy atom. The average molecular weight is 166 g/mol. The van der Waals surface area contributed by atoms with Crippen LogP contribution in [0.25, 0.3) is 0 Å². The predicted molar refractivity (Wildman–Crippen MR) is 47.4 cm³/mol. The molecule has 1 atom stereocenters. The fraction of sp³-hybridized carbons (Fsp3) is 0.444. The molecular formula is C9H14N2O. The van der Waals surface area contributed by atoms with E-state index in [4.69, 9.17) is 10.8 Å². The van der Waals surface area contributed by atoms with Gasteiger partial charge < -0.3 is 10.8 Å². The van der Waals surface area contributed by atoms with E-state index < -0.39 is 0 Å². The Bertz CT molecular complexity index is 250. The van der Waals surface area contributed by atoms with Crippen LogP contribution in [0, 0.1) is 0 Å². The second kappa shape index (κ2) is 4.18. The first kappa shape index (κ1) is 9.16. The van der Waals surface area contributed by atoms with E-state index >= 15 is 0 Å². The van der Waals surface area contributed by atoms with Gasteiger partial charge in [-0.05, 0) is 24.1 Å². The quantitative estimate of drug-likeness (QED) is 0.703. The van der Waals surface area contributed by atoms with Gasteiger partial charge in [-0.2, -0.15) is 0 Å². The molecule has 0 fully saturated rings. The summed E-state index contributed by atoms with van der Waals surface area (Å²) in [6.07, 6.45) is 2.54. The van der Waals surface area contributed by atoms with Crippen LogP contribution in [0.1, 0.15) is 30.6 Å². The minimum atomic E-state index is -0.0171. The van der Waals surface area contributed by atoms with Gasteiger partial charge in [0.25, 0.3) is 0 Å². The second-order valence-corrected chi connectivity index (χ2v) is 2.76. The number of aliphatic hydroxyl groups is 1. The molecule has 0 aliphatic heterocycles. The molecule has 0 bridgehead atoms. The van der Waals surface area contributed by atoms with Gasteiger partial charge in [-0.25, -0.2) is 0 Å². The molecule has 1 aromatic rings. The van der Waals surface area contributed by atoms with Gasteiger partial charge in [-0.15, -0.1) is 0 Å². The highest BCUT2D eigenvalue weighted by Gasteiger charge is 2.04. The highest BCUT2D eigenvalue weighted by Crippen LogP contribution is 2.11. The van der Waals surface area contributed by atoms with E-state index in [1.165, 1.54) is 0 Å². The first-order chi connectivity index (χ1) is 5.77. The lowest BCUT2D eigenvalue weighted by atomic mass is 10.1. The third-order valence-corrected chi connectivity index (χ3v) is 1.85. The molecule has 0 saturated heterocycles. The van der Waals surface area contributed by atoms with E-state index in [9.17, 15) is 0 Å². The van der Waals surface area contributed by atoms with E-state index in [1.54, 1.807) is 12.3 Å². The van der Waals surface area contributed by atoms with E-state index in [2.05, 4.69) is 4.98 Å².